The molecule has 0 aliphatic heterocycles. The van der Waals surface area contributed by atoms with Gasteiger partial charge in [0.15, 0.2) is 5.96 Å². The molecule has 0 saturated carbocycles. The summed E-state index contributed by atoms with van der Waals surface area (Å²) in [4.78, 5) is 36.0. The van der Waals surface area contributed by atoms with E-state index in [1.807, 2.05) is 0 Å². The van der Waals surface area contributed by atoms with Crippen LogP contribution in [0, 0.1) is 0 Å². The number of carbonyl (C=O) groups is 3. The average molecular weight is 502 g/mol. The minimum atomic E-state index is -1.00. The third-order valence-corrected chi connectivity index (χ3v) is 5.54. The van der Waals surface area contributed by atoms with E-state index >= 15 is 0 Å². The number of aliphatic imine (C=N–C) groups is 1. The van der Waals surface area contributed by atoms with Crippen LogP contribution in [0.1, 0.15) is 117 Å². The van der Waals surface area contributed by atoms with Gasteiger partial charge in [-0.2, -0.15) is 0 Å². The zero-order chi connectivity index (χ0) is 26.9. The molecule has 0 spiro atoms. The molecular formula is C25H51N5O5. The molecule has 0 aliphatic carbocycles. The molecule has 2 atom stereocenters. The van der Waals surface area contributed by atoms with Crippen molar-refractivity contribution in [3.63, 3.8) is 0 Å². The highest BCUT2D eigenvalue weighted by molar-refractivity contribution is 5.83. The molecule has 0 rings (SSSR count). The summed E-state index contributed by atoms with van der Waals surface area (Å²) in [7, 11) is 0. The quantitative estimate of drug-likeness (QED) is 0.0780. The Bertz CT molecular complexity index is 583. The SMILES string of the molecule is CCCCCCCCCCCCCCCC(=O)NC(C)C(=O)O.NC(N)=NCCC[C@H](N)C(=O)O. The molecule has 9 N–H and O–H groups in total. The Morgan fingerprint density at radius 3 is 1.63 bits per heavy atom. The molecule has 0 aromatic heterocycles. The number of rotatable bonds is 21. The van der Waals surface area contributed by atoms with Crippen LogP contribution in [0.15, 0.2) is 4.99 Å². The molecule has 10 heteroatoms. The van der Waals surface area contributed by atoms with E-state index in [1.54, 1.807) is 0 Å². The number of carboxylic acid groups (broad SMARTS) is 2. The van der Waals surface area contributed by atoms with E-state index in [0.29, 0.717) is 25.8 Å². The van der Waals surface area contributed by atoms with Gasteiger partial charge >= 0.3 is 11.9 Å². The van der Waals surface area contributed by atoms with Crippen molar-refractivity contribution in [1.29, 1.82) is 0 Å². The fourth-order valence-electron chi connectivity index (χ4n) is 3.32. The lowest BCUT2D eigenvalue weighted by atomic mass is 10.0. The first kappa shape index (κ1) is 34.8. The Morgan fingerprint density at radius 2 is 1.23 bits per heavy atom. The molecule has 206 valence electrons. The molecule has 1 unspecified atom stereocenters. The van der Waals surface area contributed by atoms with Crippen molar-refractivity contribution < 1.29 is 24.6 Å². The van der Waals surface area contributed by atoms with E-state index in [-0.39, 0.29) is 11.9 Å². The van der Waals surface area contributed by atoms with Crippen molar-refractivity contribution in [3.8, 4) is 0 Å². The number of nitrogens with one attached hydrogen (secondary N) is 1. The smallest absolute Gasteiger partial charge is 0.325 e. The molecule has 0 fully saturated rings. The van der Waals surface area contributed by atoms with Crippen molar-refractivity contribution in [2.75, 3.05) is 6.54 Å². The fraction of sp³-hybridized carbons (Fsp3) is 0.840. The average Bonchev–Trinajstić information content (AvgIpc) is 2.79. The first-order valence-corrected chi connectivity index (χ1v) is 13.2. The summed E-state index contributed by atoms with van der Waals surface area (Å²) in [5.74, 6) is -2.12. The molecule has 1 amide bonds. The van der Waals surface area contributed by atoms with Crippen LogP contribution in [0.3, 0.4) is 0 Å². The van der Waals surface area contributed by atoms with Gasteiger partial charge in [-0.25, -0.2) is 0 Å². The van der Waals surface area contributed by atoms with Gasteiger partial charge in [-0.05, 0) is 26.2 Å². The van der Waals surface area contributed by atoms with Crippen LogP contribution in [0.5, 0.6) is 0 Å². The normalized spacial score (nSPS) is 12.1. The fourth-order valence-corrected chi connectivity index (χ4v) is 3.32. The van der Waals surface area contributed by atoms with Gasteiger partial charge in [0.1, 0.15) is 12.1 Å². The number of carbonyl (C=O) groups excluding carboxylic acids is 1. The summed E-state index contributed by atoms with van der Waals surface area (Å²) in [6.45, 7) is 4.16. The van der Waals surface area contributed by atoms with Gasteiger partial charge in [-0.3, -0.25) is 19.4 Å². The first-order chi connectivity index (χ1) is 16.6. The van der Waals surface area contributed by atoms with E-state index < -0.39 is 24.0 Å². The van der Waals surface area contributed by atoms with Crippen LogP contribution in [0.2, 0.25) is 0 Å². The highest BCUT2D eigenvalue weighted by atomic mass is 16.4. The number of nitrogens with zero attached hydrogens (tertiary/aromatic N) is 1. The van der Waals surface area contributed by atoms with Gasteiger partial charge in [0.25, 0.3) is 0 Å². The third kappa shape index (κ3) is 27.8. The van der Waals surface area contributed by atoms with Gasteiger partial charge in [0.2, 0.25) is 5.91 Å². The van der Waals surface area contributed by atoms with Crippen LogP contribution in [-0.4, -0.2) is 52.6 Å². The maximum Gasteiger partial charge on any atom is 0.325 e. The highest BCUT2D eigenvalue weighted by Crippen LogP contribution is 2.12. The number of hydrogen-bond donors (Lipinski definition) is 6. The molecule has 0 aliphatic rings. The molecule has 0 aromatic rings. The van der Waals surface area contributed by atoms with Gasteiger partial charge in [-0.15, -0.1) is 0 Å². The molecule has 0 aromatic carbocycles. The van der Waals surface area contributed by atoms with Crippen molar-refractivity contribution in [1.82, 2.24) is 5.32 Å². The van der Waals surface area contributed by atoms with Crippen LogP contribution in [0.25, 0.3) is 0 Å². The Balaban J connectivity index is 0. The summed E-state index contributed by atoms with van der Waals surface area (Å²) in [6.07, 6.45) is 18.0. The molecule has 0 radical (unpaired) electrons. The standard InChI is InChI=1S/C19H37NO3.C6H14N4O2/c1-3-4-5-6-7-8-9-10-11-12-13-14-15-16-18(21)20-17(2)19(22)23;7-4(5(11)12)2-1-3-10-6(8)9/h17H,3-16H2,1-2H3,(H,20,21)(H,22,23);4H,1-3,7H2,(H,11,12)(H4,8,9,10)/t;4-/m.0/s1. The van der Waals surface area contributed by atoms with E-state index in [4.69, 9.17) is 27.4 Å². The van der Waals surface area contributed by atoms with Crippen molar-refractivity contribution in [2.45, 2.75) is 129 Å². The number of aliphatic carboxylic acids is 2. The minimum absolute atomic E-state index is 0.0129. The Morgan fingerprint density at radius 1 is 0.771 bits per heavy atom. The number of unbranched alkanes of at least 4 members (excludes halogenated alkanes) is 12. The van der Waals surface area contributed by atoms with Gasteiger partial charge in [0.05, 0.1) is 0 Å². The van der Waals surface area contributed by atoms with Crippen molar-refractivity contribution >= 4 is 23.8 Å². The summed E-state index contributed by atoms with van der Waals surface area (Å²) in [5, 5.41) is 19.6. The van der Waals surface area contributed by atoms with Crippen LogP contribution >= 0.6 is 0 Å². The molecule has 0 saturated heterocycles. The number of carboxylic acids is 2. The van der Waals surface area contributed by atoms with Crippen molar-refractivity contribution in [3.05, 3.63) is 0 Å². The van der Waals surface area contributed by atoms with E-state index in [1.165, 1.54) is 77.6 Å². The maximum absolute atomic E-state index is 11.5. The molecule has 0 heterocycles. The topological polar surface area (TPSA) is 194 Å². The van der Waals surface area contributed by atoms with Crippen LogP contribution in [-0.2, 0) is 14.4 Å². The summed E-state index contributed by atoms with van der Waals surface area (Å²) >= 11 is 0. The zero-order valence-electron chi connectivity index (χ0n) is 22.0. The lowest BCUT2D eigenvalue weighted by Crippen LogP contribution is -2.38. The second kappa shape index (κ2) is 24.8. The van der Waals surface area contributed by atoms with Crippen molar-refractivity contribution in [2.24, 2.45) is 22.2 Å². The van der Waals surface area contributed by atoms with E-state index in [9.17, 15) is 14.4 Å². The summed E-state index contributed by atoms with van der Waals surface area (Å²) < 4.78 is 0. The second-order valence-electron chi connectivity index (χ2n) is 9.01. The monoisotopic (exact) mass is 501 g/mol. The Labute approximate surface area is 211 Å². The molecule has 35 heavy (non-hydrogen) atoms. The maximum atomic E-state index is 11.5. The second-order valence-corrected chi connectivity index (χ2v) is 9.01. The number of amides is 1. The first-order valence-electron chi connectivity index (χ1n) is 13.2. The van der Waals surface area contributed by atoms with Gasteiger partial charge in [0, 0.05) is 13.0 Å². The zero-order valence-corrected chi connectivity index (χ0v) is 22.0. The van der Waals surface area contributed by atoms with E-state index in [2.05, 4.69) is 17.2 Å². The van der Waals surface area contributed by atoms with Gasteiger partial charge in [-0.1, -0.05) is 84.0 Å². The van der Waals surface area contributed by atoms with E-state index in [0.717, 1.165) is 12.8 Å². The highest BCUT2D eigenvalue weighted by Gasteiger charge is 2.13. The number of hydrogen-bond acceptors (Lipinski definition) is 5. The third-order valence-electron chi connectivity index (χ3n) is 5.54. The molecule has 0 bridgehead atoms. The lowest BCUT2D eigenvalue weighted by molar-refractivity contribution is -0.141. The Kier molecular flexibility index (Phi) is 24.6. The van der Waals surface area contributed by atoms with Gasteiger partial charge < -0.3 is 32.7 Å². The number of guanidine groups is 1. The largest absolute Gasteiger partial charge is 0.480 e. The summed E-state index contributed by atoms with van der Waals surface area (Å²) in [6, 6.07) is -1.61. The van der Waals surface area contributed by atoms with Crippen LogP contribution < -0.4 is 22.5 Å². The molecule has 10 nitrogen and oxygen atoms in total. The number of nitrogens with two attached hydrogens (primary N) is 3. The molecular weight excluding hydrogens is 450 g/mol. The lowest BCUT2D eigenvalue weighted by Gasteiger charge is -2.08. The minimum Gasteiger partial charge on any atom is -0.480 e. The van der Waals surface area contributed by atoms with Crippen LogP contribution in [0.4, 0.5) is 0 Å². The predicted octanol–water partition coefficient (Wildman–Crippen LogP) is 3.51. The predicted molar refractivity (Wildman–Crippen MR) is 141 cm³/mol. The Hall–Kier alpha value is -2.36. The summed E-state index contributed by atoms with van der Waals surface area (Å²) in [5.41, 5.74) is 15.3.